The summed E-state index contributed by atoms with van der Waals surface area (Å²) in [5, 5.41) is 0. The van der Waals surface area contributed by atoms with E-state index >= 15 is 0 Å². The highest BCUT2D eigenvalue weighted by atomic mass is 19.4. The maximum Gasteiger partial charge on any atom is 0.416 e. The van der Waals surface area contributed by atoms with Crippen molar-refractivity contribution in [2.75, 3.05) is 18.1 Å². The van der Waals surface area contributed by atoms with Crippen molar-refractivity contribution in [1.29, 1.82) is 0 Å². The van der Waals surface area contributed by atoms with Gasteiger partial charge in [0.2, 0.25) is 5.91 Å². The Morgan fingerprint density at radius 1 is 1.00 bits per heavy atom. The van der Waals surface area contributed by atoms with Crippen LogP contribution in [0, 0.1) is 0 Å². The van der Waals surface area contributed by atoms with Crippen LogP contribution in [0.25, 0.3) is 0 Å². The molecular formula is C18H15F3N2O3. The molecular weight excluding hydrogens is 349 g/mol. The summed E-state index contributed by atoms with van der Waals surface area (Å²) in [6.07, 6.45) is -4.41. The van der Waals surface area contributed by atoms with Gasteiger partial charge < -0.3 is 20.1 Å². The summed E-state index contributed by atoms with van der Waals surface area (Å²) in [5.74, 6) is 0.808. The Bertz CT molecular complexity index is 852. The average molecular weight is 364 g/mol. The molecule has 2 N–H and O–H groups in total. The molecule has 0 radical (unpaired) electrons. The molecule has 0 spiro atoms. The van der Waals surface area contributed by atoms with Crippen LogP contribution in [0.3, 0.4) is 0 Å². The smallest absolute Gasteiger partial charge is 0.416 e. The Balaban J connectivity index is 1.65. The van der Waals surface area contributed by atoms with Gasteiger partial charge in [-0.15, -0.1) is 0 Å². The average Bonchev–Trinajstić information content (AvgIpc) is 2.64. The Labute approximate surface area is 147 Å². The summed E-state index contributed by atoms with van der Waals surface area (Å²) >= 11 is 0. The van der Waals surface area contributed by atoms with Crippen molar-refractivity contribution in [3.8, 4) is 11.5 Å². The summed E-state index contributed by atoms with van der Waals surface area (Å²) in [4.78, 5) is 13.8. The molecule has 0 saturated carbocycles. The summed E-state index contributed by atoms with van der Waals surface area (Å²) < 4.78 is 49.2. The lowest BCUT2D eigenvalue weighted by molar-refractivity contribution is -0.137. The van der Waals surface area contributed by atoms with Gasteiger partial charge in [0.1, 0.15) is 19.3 Å². The van der Waals surface area contributed by atoms with Gasteiger partial charge >= 0.3 is 6.18 Å². The van der Waals surface area contributed by atoms with Crippen LogP contribution in [-0.2, 0) is 11.0 Å². The molecule has 0 bridgehead atoms. The number of nitrogens with zero attached hydrogens (tertiary/aromatic N) is 1. The molecule has 2 aromatic rings. The van der Waals surface area contributed by atoms with Crippen LogP contribution >= 0.6 is 0 Å². The summed E-state index contributed by atoms with van der Waals surface area (Å²) in [6, 6.07) is 8.43. The van der Waals surface area contributed by atoms with Crippen LogP contribution in [0.5, 0.6) is 11.5 Å². The molecule has 2 aromatic carbocycles. The Kier molecular flexibility index (Phi) is 3.80. The largest absolute Gasteiger partial charge is 0.486 e. The highest BCUT2D eigenvalue weighted by Gasteiger charge is 2.47. The number of β-lactam (4-membered cyclic amide) rings is 1. The number of anilines is 1. The van der Waals surface area contributed by atoms with Crippen molar-refractivity contribution in [3.63, 3.8) is 0 Å². The monoisotopic (exact) mass is 364 g/mol. The second kappa shape index (κ2) is 5.91. The van der Waals surface area contributed by atoms with Crippen molar-refractivity contribution >= 4 is 11.6 Å². The van der Waals surface area contributed by atoms with E-state index in [0.29, 0.717) is 36.0 Å². The van der Waals surface area contributed by atoms with Crippen molar-refractivity contribution in [2.24, 2.45) is 5.73 Å². The maximum atomic E-state index is 12.7. The first kappa shape index (κ1) is 16.7. The van der Waals surface area contributed by atoms with E-state index in [2.05, 4.69) is 0 Å². The molecule has 26 heavy (non-hydrogen) atoms. The van der Waals surface area contributed by atoms with E-state index in [9.17, 15) is 18.0 Å². The first-order valence-corrected chi connectivity index (χ1v) is 8.02. The van der Waals surface area contributed by atoms with Crippen LogP contribution < -0.4 is 20.1 Å². The standard InChI is InChI=1S/C18H15F3N2O3/c19-18(20,21)11-3-1-10(2-4-11)16-15(22)17(24)23(16)12-5-6-13-14(9-12)26-8-7-25-13/h1-6,9,15-16H,7-8,22H2/t15-,16-/m1/s1. The highest BCUT2D eigenvalue weighted by molar-refractivity contribution is 6.05. The van der Waals surface area contributed by atoms with Gasteiger partial charge in [-0.25, -0.2) is 0 Å². The number of ether oxygens (including phenoxy) is 2. The van der Waals surface area contributed by atoms with Crippen molar-refractivity contribution in [2.45, 2.75) is 18.3 Å². The van der Waals surface area contributed by atoms with Crippen molar-refractivity contribution in [3.05, 3.63) is 53.6 Å². The molecule has 4 rings (SSSR count). The molecule has 136 valence electrons. The number of fused-ring (bicyclic) bond motifs is 1. The van der Waals surface area contributed by atoms with Crippen LogP contribution in [0.1, 0.15) is 17.2 Å². The van der Waals surface area contributed by atoms with Crippen molar-refractivity contribution < 1.29 is 27.4 Å². The Morgan fingerprint density at radius 3 is 2.31 bits per heavy atom. The predicted octanol–water partition coefficient (Wildman–Crippen LogP) is 2.89. The molecule has 0 unspecified atom stereocenters. The molecule has 2 heterocycles. The topological polar surface area (TPSA) is 64.8 Å². The molecule has 1 amide bonds. The molecule has 8 heteroatoms. The molecule has 2 aliphatic heterocycles. The predicted molar refractivity (Wildman–Crippen MR) is 87.1 cm³/mol. The first-order valence-electron chi connectivity index (χ1n) is 8.02. The summed E-state index contributed by atoms with van der Waals surface area (Å²) in [5.41, 5.74) is 6.28. The zero-order valence-electron chi connectivity index (χ0n) is 13.5. The van der Waals surface area contributed by atoms with Crippen LogP contribution in [0.2, 0.25) is 0 Å². The number of halogens is 3. The number of carbonyl (C=O) groups is 1. The zero-order chi connectivity index (χ0) is 18.5. The number of benzene rings is 2. The minimum Gasteiger partial charge on any atom is -0.486 e. The van der Waals surface area contributed by atoms with E-state index in [1.165, 1.54) is 17.0 Å². The number of rotatable bonds is 2. The lowest BCUT2D eigenvalue weighted by Crippen LogP contribution is -2.63. The Hall–Kier alpha value is -2.74. The molecule has 0 aliphatic carbocycles. The maximum absolute atomic E-state index is 12.7. The van der Waals surface area contributed by atoms with Gasteiger partial charge in [-0.2, -0.15) is 13.2 Å². The minimum absolute atomic E-state index is 0.299. The normalized spacial score (nSPS) is 22.2. The number of nitrogens with two attached hydrogens (primary N) is 1. The van der Waals surface area contributed by atoms with Gasteiger partial charge in [0.25, 0.3) is 0 Å². The van der Waals surface area contributed by atoms with Crippen molar-refractivity contribution in [1.82, 2.24) is 0 Å². The van der Waals surface area contributed by atoms with Crippen LogP contribution in [0.4, 0.5) is 18.9 Å². The summed E-state index contributed by atoms with van der Waals surface area (Å²) in [6.45, 7) is 0.861. The molecule has 1 fully saturated rings. The fraction of sp³-hybridized carbons (Fsp3) is 0.278. The van der Waals surface area contributed by atoms with Gasteiger partial charge in [-0.05, 0) is 29.8 Å². The molecule has 2 aliphatic rings. The third-order valence-electron chi connectivity index (χ3n) is 4.52. The van der Waals surface area contributed by atoms with E-state index in [0.717, 1.165) is 12.1 Å². The molecule has 1 saturated heterocycles. The van der Waals surface area contributed by atoms with Gasteiger partial charge in [-0.3, -0.25) is 4.79 Å². The highest BCUT2D eigenvalue weighted by Crippen LogP contribution is 2.42. The molecule has 2 atom stereocenters. The number of amides is 1. The van der Waals surface area contributed by atoms with Gasteiger partial charge in [-0.1, -0.05) is 12.1 Å². The number of carbonyl (C=O) groups excluding carboxylic acids is 1. The lowest BCUT2D eigenvalue weighted by Gasteiger charge is -2.45. The fourth-order valence-electron chi connectivity index (χ4n) is 3.21. The fourth-order valence-corrected chi connectivity index (χ4v) is 3.21. The van der Waals surface area contributed by atoms with E-state index in [-0.39, 0.29) is 5.91 Å². The second-order valence-electron chi connectivity index (χ2n) is 6.13. The number of hydrogen-bond donors (Lipinski definition) is 1. The number of alkyl halides is 3. The Morgan fingerprint density at radius 2 is 1.65 bits per heavy atom. The first-order chi connectivity index (χ1) is 12.4. The van der Waals surface area contributed by atoms with E-state index in [1.54, 1.807) is 18.2 Å². The van der Waals surface area contributed by atoms with Crippen LogP contribution in [0.15, 0.2) is 42.5 Å². The lowest BCUT2D eigenvalue weighted by atomic mass is 9.88. The van der Waals surface area contributed by atoms with E-state index in [4.69, 9.17) is 15.2 Å². The third kappa shape index (κ3) is 2.66. The summed E-state index contributed by atoms with van der Waals surface area (Å²) in [7, 11) is 0. The van der Waals surface area contributed by atoms with E-state index in [1.807, 2.05) is 0 Å². The van der Waals surface area contributed by atoms with Gasteiger partial charge in [0.05, 0.1) is 11.6 Å². The van der Waals surface area contributed by atoms with Crippen LogP contribution in [-0.4, -0.2) is 25.2 Å². The molecule has 5 nitrogen and oxygen atoms in total. The SMILES string of the molecule is N[C@H]1C(=O)N(c2ccc3c(c2)OCCO3)[C@@H]1c1ccc(C(F)(F)F)cc1. The molecule has 0 aromatic heterocycles. The second-order valence-corrected chi connectivity index (χ2v) is 6.13. The quantitative estimate of drug-likeness (QED) is 0.833. The van der Waals surface area contributed by atoms with E-state index < -0.39 is 23.8 Å². The minimum atomic E-state index is -4.41. The van der Waals surface area contributed by atoms with Gasteiger partial charge in [0, 0.05) is 11.8 Å². The van der Waals surface area contributed by atoms with Gasteiger partial charge in [0.15, 0.2) is 11.5 Å². The third-order valence-corrected chi connectivity index (χ3v) is 4.52. The zero-order valence-corrected chi connectivity index (χ0v) is 13.5. The number of hydrogen-bond acceptors (Lipinski definition) is 4.